The molecule has 1 rings (SSSR count). The van der Waals surface area contributed by atoms with Gasteiger partial charge in [-0.1, -0.05) is 6.08 Å². The number of carbonyl (C=O) groups is 2. The number of allylic oxidation sites excluding steroid dienone is 1. The highest BCUT2D eigenvalue weighted by atomic mass is 32.2. The summed E-state index contributed by atoms with van der Waals surface area (Å²) in [5.41, 5.74) is -0.262. The molecule has 1 unspecified atom stereocenters. The zero-order valence-corrected chi connectivity index (χ0v) is 12.9. The SMILES string of the molecule is COC(=O)C(C/C=C/C=O)NS(=O)(=O)c1ccc([N+](=O)[O-])cc1. The lowest BCUT2D eigenvalue weighted by Crippen LogP contribution is -2.41. The maximum Gasteiger partial charge on any atom is 0.324 e. The molecule has 1 atom stereocenters. The maximum atomic E-state index is 12.2. The summed E-state index contributed by atoms with van der Waals surface area (Å²) in [5, 5.41) is 10.6. The molecule has 0 aliphatic rings. The van der Waals surface area contributed by atoms with E-state index in [1.165, 1.54) is 6.08 Å². The van der Waals surface area contributed by atoms with Crippen molar-refractivity contribution in [1.82, 2.24) is 4.72 Å². The number of nitrogens with one attached hydrogen (secondary N) is 1. The van der Waals surface area contributed by atoms with Crippen molar-refractivity contribution in [3.8, 4) is 0 Å². The van der Waals surface area contributed by atoms with Crippen LogP contribution in [0.1, 0.15) is 6.42 Å². The van der Waals surface area contributed by atoms with Gasteiger partial charge in [0.1, 0.15) is 12.3 Å². The Morgan fingerprint density at radius 2 is 2.00 bits per heavy atom. The van der Waals surface area contributed by atoms with Gasteiger partial charge in [0.15, 0.2) is 0 Å². The lowest BCUT2D eigenvalue weighted by Gasteiger charge is -2.15. The summed E-state index contributed by atoms with van der Waals surface area (Å²) in [6.07, 6.45) is 2.83. The molecule has 0 bridgehead atoms. The molecular weight excluding hydrogens is 328 g/mol. The number of nitro benzene ring substituents is 1. The van der Waals surface area contributed by atoms with E-state index in [2.05, 4.69) is 9.46 Å². The van der Waals surface area contributed by atoms with E-state index in [1.54, 1.807) is 0 Å². The van der Waals surface area contributed by atoms with Crippen LogP contribution in [-0.4, -0.2) is 38.7 Å². The zero-order valence-electron chi connectivity index (χ0n) is 12.0. The van der Waals surface area contributed by atoms with E-state index in [0.717, 1.165) is 37.5 Å². The molecule has 1 aromatic carbocycles. The molecule has 0 saturated heterocycles. The van der Waals surface area contributed by atoms with Crippen molar-refractivity contribution in [3.63, 3.8) is 0 Å². The molecule has 0 aromatic heterocycles. The predicted octanol–water partition coefficient (Wildman–Crippen LogP) is 0.560. The Bertz CT molecular complexity index is 710. The van der Waals surface area contributed by atoms with Crippen LogP contribution >= 0.6 is 0 Å². The van der Waals surface area contributed by atoms with Crippen LogP contribution in [0.2, 0.25) is 0 Å². The summed E-state index contributed by atoms with van der Waals surface area (Å²) in [7, 11) is -2.99. The molecule has 0 radical (unpaired) electrons. The number of non-ortho nitro benzene ring substituents is 1. The number of ether oxygens (including phenoxy) is 1. The van der Waals surface area contributed by atoms with Gasteiger partial charge in [-0.05, 0) is 24.6 Å². The molecule has 0 aliphatic heterocycles. The second-order valence-corrected chi connectivity index (χ2v) is 5.96. The molecule has 0 fully saturated rings. The molecule has 124 valence electrons. The topological polar surface area (TPSA) is 133 Å². The van der Waals surface area contributed by atoms with Crippen LogP contribution in [0, 0.1) is 10.1 Å². The van der Waals surface area contributed by atoms with E-state index < -0.39 is 27.0 Å². The molecule has 10 heteroatoms. The fourth-order valence-corrected chi connectivity index (χ4v) is 2.80. The van der Waals surface area contributed by atoms with Crippen molar-refractivity contribution in [2.45, 2.75) is 17.4 Å². The summed E-state index contributed by atoms with van der Waals surface area (Å²) >= 11 is 0. The zero-order chi connectivity index (χ0) is 17.5. The largest absolute Gasteiger partial charge is 0.468 e. The second-order valence-electron chi connectivity index (χ2n) is 4.25. The number of rotatable bonds is 8. The van der Waals surface area contributed by atoms with E-state index >= 15 is 0 Å². The van der Waals surface area contributed by atoms with Gasteiger partial charge in [0.25, 0.3) is 5.69 Å². The van der Waals surface area contributed by atoms with Gasteiger partial charge in [0.05, 0.1) is 16.9 Å². The Hall–Kier alpha value is -2.59. The number of nitrogens with zero attached hydrogens (tertiary/aromatic N) is 1. The van der Waals surface area contributed by atoms with Crippen LogP contribution in [0.25, 0.3) is 0 Å². The van der Waals surface area contributed by atoms with E-state index in [4.69, 9.17) is 0 Å². The number of carbonyl (C=O) groups excluding carboxylic acids is 2. The van der Waals surface area contributed by atoms with Crippen LogP contribution in [-0.2, 0) is 24.3 Å². The summed E-state index contributed by atoms with van der Waals surface area (Å²) in [6.45, 7) is 0. The number of aldehydes is 1. The summed E-state index contributed by atoms with van der Waals surface area (Å²) in [6, 6.07) is 2.95. The highest BCUT2D eigenvalue weighted by molar-refractivity contribution is 7.89. The number of hydrogen-bond acceptors (Lipinski definition) is 7. The normalized spacial score (nSPS) is 12.7. The van der Waals surface area contributed by atoms with Crippen molar-refractivity contribution in [1.29, 1.82) is 0 Å². The van der Waals surface area contributed by atoms with Gasteiger partial charge >= 0.3 is 5.97 Å². The predicted molar refractivity (Wildman–Crippen MR) is 79.0 cm³/mol. The standard InChI is InChI=1S/C13H14N2O7S/c1-22-13(17)12(4-2-3-9-16)14-23(20,21)11-7-5-10(6-8-11)15(18)19/h2-3,5-9,12,14H,4H2,1H3/b3-2+. The average Bonchev–Trinajstić information content (AvgIpc) is 2.53. The molecule has 0 spiro atoms. The highest BCUT2D eigenvalue weighted by Crippen LogP contribution is 2.16. The minimum Gasteiger partial charge on any atom is -0.468 e. The Labute approximate surface area is 132 Å². The molecule has 1 aromatic rings. The van der Waals surface area contributed by atoms with E-state index in [1.807, 2.05) is 0 Å². The average molecular weight is 342 g/mol. The monoisotopic (exact) mass is 342 g/mol. The van der Waals surface area contributed by atoms with Crippen molar-refractivity contribution >= 4 is 28.0 Å². The molecule has 0 heterocycles. The molecule has 9 nitrogen and oxygen atoms in total. The van der Waals surface area contributed by atoms with Gasteiger partial charge in [0.2, 0.25) is 10.0 Å². The number of methoxy groups -OCH3 is 1. The number of benzene rings is 1. The first-order valence-electron chi connectivity index (χ1n) is 6.26. The number of nitro groups is 1. The third-order valence-electron chi connectivity index (χ3n) is 2.73. The number of sulfonamides is 1. The van der Waals surface area contributed by atoms with Crippen LogP contribution in [0.5, 0.6) is 0 Å². The van der Waals surface area contributed by atoms with Crippen molar-refractivity contribution in [2.75, 3.05) is 7.11 Å². The summed E-state index contributed by atoms with van der Waals surface area (Å²) in [5.74, 6) is -0.828. The van der Waals surface area contributed by atoms with Gasteiger partial charge in [0, 0.05) is 12.1 Å². The van der Waals surface area contributed by atoms with Crippen molar-refractivity contribution in [3.05, 3.63) is 46.5 Å². The van der Waals surface area contributed by atoms with Crippen molar-refractivity contribution < 1.29 is 27.7 Å². The molecule has 1 N–H and O–H groups in total. The fourth-order valence-electron chi connectivity index (χ4n) is 1.61. The highest BCUT2D eigenvalue weighted by Gasteiger charge is 2.25. The van der Waals surface area contributed by atoms with E-state index in [-0.39, 0.29) is 17.0 Å². The van der Waals surface area contributed by atoms with E-state index in [9.17, 15) is 28.1 Å². The number of esters is 1. The van der Waals surface area contributed by atoms with Gasteiger partial charge in [-0.3, -0.25) is 19.7 Å². The maximum absolute atomic E-state index is 12.2. The summed E-state index contributed by atoms with van der Waals surface area (Å²) in [4.78, 5) is 31.5. The third kappa shape index (κ3) is 5.27. The Morgan fingerprint density at radius 3 is 2.48 bits per heavy atom. The molecule has 0 saturated carbocycles. The van der Waals surface area contributed by atoms with Crippen LogP contribution < -0.4 is 4.72 Å². The molecule has 0 amide bonds. The molecular formula is C13H14N2O7S. The minimum absolute atomic E-state index is 0.0857. The van der Waals surface area contributed by atoms with Crippen LogP contribution in [0.4, 0.5) is 5.69 Å². The van der Waals surface area contributed by atoms with E-state index in [0.29, 0.717) is 6.29 Å². The lowest BCUT2D eigenvalue weighted by molar-refractivity contribution is -0.384. The summed E-state index contributed by atoms with van der Waals surface area (Å²) < 4.78 is 31.0. The fraction of sp³-hybridized carbons (Fsp3) is 0.231. The smallest absolute Gasteiger partial charge is 0.324 e. The molecule has 0 aliphatic carbocycles. The van der Waals surface area contributed by atoms with Gasteiger partial charge in [-0.15, -0.1) is 0 Å². The Morgan fingerprint density at radius 1 is 1.39 bits per heavy atom. The second kappa shape index (κ2) is 8.15. The quantitative estimate of drug-likeness (QED) is 0.240. The number of hydrogen-bond donors (Lipinski definition) is 1. The van der Waals surface area contributed by atoms with Crippen LogP contribution in [0.3, 0.4) is 0 Å². The van der Waals surface area contributed by atoms with Gasteiger partial charge in [-0.2, -0.15) is 4.72 Å². The first kappa shape index (κ1) is 18.5. The van der Waals surface area contributed by atoms with Crippen molar-refractivity contribution in [2.24, 2.45) is 0 Å². The van der Waals surface area contributed by atoms with Gasteiger partial charge in [-0.25, -0.2) is 8.42 Å². The van der Waals surface area contributed by atoms with Crippen LogP contribution in [0.15, 0.2) is 41.3 Å². The third-order valence-corrected chi connectivity index (χ3v) is 4.21. The first-order valence-corrected chi connectivity index (χ1v) is 7.75. The lowest BCUT2D eigenvalue weighted by atomic mass is 10.2. The van der Waals surface area contributed by atoms with Gasteiger partial charge < -0.3 is 4.74 Å². The first-order chi connectivity index (χ1) is 10.8. The Balaban J connectivity index is 3.00. The molecule has 23 heavy (non-hydrogen) atoms. The minimum atomic E-state index is -4.09. The Kier molecular flexibility index (Phi) is 6.54.